The lowest BCUT2D eigenvalue weighted by Crippen LogP contribution is -2.01. The highest BCUT2D eigenvalue weighted by molar-refractivity contribution is 9.09. The lowest BCUT2D eigenvalue weighted by atomic mass is 9.98. The number of fused-ring (bicyclic) bond motifs is 3. The lowest BCUT2D eigenvalue weighted by molar-refractivity contribution is 0.102. The van der Waals surface area contributed by atoms with Gasteiger partial charge in [-0.1, -0.05) is 46.3 Å². The van der Waals surface area contributed by atoms with Crippen LogP contribution in [-0.2, 0) is 0 Å². The zero-order valence-corrected chi connectivity index (χ0v) is 11.1. The second-order valence-electron chi connectivity index (χ2n) is 4.10. The number of carbonyl (C=O) groups is 1. The number of rotatable bonds is 2. The molecule has 1 heterocycles. The number of hydrogen-bond acceptors (Lipinski definition) is 2. The molecule has 0 saturated carbocycles. The monoisotopic (exact) mass is 299 g/mol. The number of ketones is 1. The predicted molar refractivity (Wildman–Crippen MR) is 77.4 cm³/mol. The molecule has 2 aromatic carbocycles. The van der Waals surface area contributed by atoms with Crippen molar-refractivity contribution >= 4 is 43.4 Å². The molecule has 2 nitrogen and oxygen atoms in total. The van der Waals surface area contributed by atoms with Crippen LogP contribution < -0.4 is 0 Å². The van der Waals surface area contributed by atoms with E-state index in [1.54, 1.807) is 6.20 Å². The zero-order chi connectivity index (χ0) is 12.5. The van der Waals surface area contributed by atoms with Crippen molar-refractivity contribution in [2.24, 2.45) is 0 Å². The van der Waals surface area contributed by atoms with Crippen LogP contribution in [0.25, 0.3) is 21.7 Å². The Morgan fingerprint density at radius 3 is 2.56 bits per heavy atom. The molecule has 3 heteroatoms. The maximum atomic E-state index is 12.0. The number of hydrogen-bond donors (Lipinski definition) is 0. The third-order valence-corrected chi connectivity index (χ3v) is 3.56. The van der Waals surface area contributed by atoms with E-state index in [-0.39, 0.29) is 5.78 Å². The second-order valence-corrected chi connectivity index (χ2v) is 4.66. The molecular weight excluding hydrogens is 290 g/mol. The van der Waals surface area contributed by atoms with E-state index < -0.39 is 0 Å². The molecule has 88 valence electrons. The lowest BCUT2D eigenvalue weighted by Gasteiger charge is -2.07. The van der Waals surface area contributed by atoms with Crippen molar-refractivity contribution in [2.45, 2.75) is 0 Å². The molecule has 0 unspecified atom stereocenters. The van der Waals surface area contributed by atoms with E-state index in [1.807, 2.05) is 42.5 Å². The summed E-state index contributed by atoms with van der Waals surface area (Å²) < 4.78 is 0. The van der Waals surface area contributed by atoms with Crippen LogP contribution in [-0.4, -0.2) is 16.1 Å². The van der Waals surface area contributed by atoms with Gasteiger partial charge in [0.15, 0.2) is 5.78 Å². The molecule has 0 spiro atoms. The summed E-state index contributed by atoms with van der Waals surface area (Å²) in [7, 11) is 0. The van der Waals surface area contributed by atoms with Crippen molar-refractivity contribution < 1.29 is 4.79 Å². The smallest absolute Gasteiger partial charge is 0.174 e. The molecule has 0 N–H and O–H groups in total. The standard InChI is InChI=1S/C15H10BrNO/c16-9-15(18)13-8-14-12(6-3-7-17-14)10-4-1-2-5-11(10)13/h1-8H,9H2. The van der Waals surface area contributed by atoms with E-state index in [9.17, 15) is 4.79 Å². The van der Waals surface area contributed by atoms with Crippen molar-refractivity contribution in [1.29, 1.82) is 0 Å². The van der Waals surface area contributed by atoms with Gasteiger partial charge in [0.25, 0.3) is 0 Å². The summed E-state index contributed by atoms with van der Waals surface area (Å²) in [6, 6.07) is 13.8. The van der Waals surface area contributed by atoms with Crippen molar-refractivity contribution in [3.63, 3.8) is 0 Å². The number of carbonyl (C=O) groups excluding carboxylic acids is 1. The Morgan fingerprint density at radius 1 is 1.06 bits per heavy atom. The SMILES string of the molecule is O=C(CBr)c1cc2ncccc2c2ccccc12. The highest BCUT2D eigenvalue weighted by atomic mass is 79.9. The topological polar surface area (TPSA) is 30.0 Å². The van der Waals surface area contributed by atoms with E-state index in [0.29, 0.717) is 5.33 Å². The number of Topliss-reactive ketones (excluding diaryl/α,β-unsaturated/α-hetero) is 1. The van der Waals surface area contributed by atoms with Crippen LogP contribution in [0.5, 0.6) is 0 Å². The summed E-state index contributed by atoms with van der Waals surface area (Å²) >= 11 is 3.23. The highest BCUT2D eigenvalue weighted by Gasteiger charge is 2.11. The van der Waals surface area contributed by atoms with Crippen LogP contribution in [0.15, 0.2) is 48.7 Å². The fourth-order valence-corrected chi connectivity index (χ4v) is 2.53. The second kappa shape index (κ2) is 4.50. The molecule has 0 aliphatic heterocycles. The molecule has 0 aliphatic rings. The molecule has 1 aromatic heterocycles. The average Bonchev–Trinajstić information content (AvgIpc) is 2.45. The number of halogens is 1. The van der Waals surface area contributed by atoms with Crippen molar-refractivity contribution in [1.82, 2.24) is 4.98 Å². The largest absolute Gasteiger partial charge is 0.293 e. The third-order valence-electron chi connectivity index (χ3n) is 3.05. The van der Waals surface area contributed by atoms with Gasteiger partial charge in [-0.25, -0.2) is 0 Å². The first kappa shape index (κ1) is 11.4. The van der Waals surface area contributed by atoms with E-state index in [0.717, 1.165) is 27.2 Å². The Bertz CT molecular complexity index is 752. The fourth-order valence-electron chi connectivity index (χ4n) is 2.23. The Labute approximate surface area is 113 Å². The normalized spacial score (nSPS) is 10.9. The minimum absolute atomic E-state index is 0.0822. The zero-order valence-electron chi connectivity index (χ0n) is 9.56. The minimum atomic E-state index is 0.0822. The van der Waals surface area contributed by atoms with Crippen molar-refractivity contribution in [3.05, 3.63) is 54.2 Å². The van der Waals surface area contributed by atoms with Gasteiger partial charge in [-0.2, -0.15) is 0 Å². The fraction of sp³-hybridized carbons (Fsp3) is 0.0667. The van der Waals surface area contributed by atoms with Gasteiger partial charge in [-0.15, -0.1) is 0 Å². The van der Waals surface area contributed by atoms with Gasteiger partial charge >= 0.3 is 0 Å². The first-order valence-electron chi connectivity index (χ1n) is 5.67. The molecule has 3 rings (SSSR count). The Morgan fingerprint density at radius 2 is 1.78 bits per heavy atom. The summed E-state index contributed by atoms with van der Waals surface area (Å²) in [6.07, 6.45) is 1.75. The van der Waals surface area contributed by atoms with E-state index in [4.69, 9.17) is 0 Å². The molecule has 0 atom stereocenters. The molecule has 3 aromatic rings. The number of nitrogens with zero attached hydrogens (tertiary/aromatic N) is 1. The molecule has 18 heavy (non-hydrogen) atoms. The van der Waals surface area contributed by atoms with Crippen molar-refractivity contribution in [3.8, 4) is 0 Å². The van der Waals surface area contributed by atoms with Gasteiger partial charge in [-0.3, -0.25) is 9.78 Å². The highest BCUT2D eigenvalue weighted by Crippen LogP contribution is 2.27. The molecular formula is C15H10BrNO. The van der Waals surface area contributed by atoms with E-state index in [1.165, 1.54) is 0 Å². The van der Waals surface area contributed by atoms with Gasteiger partial charge in [0.05, 0.1) is 10.8 Å². The molecule has 0 bridgehead atoms. The van der Waals surface area contributed by atoms with Crippen molar-refractivity contribution in [2.75, 3.05) is 5.33 Å². The summed E-state index contributed by atoms with van der Waals surface area (Å²) in [5.41, 5.74) is 1.59. The molecule has 0 aliphatic carbocycles. The van der Waals surface area contributed by atoms with E-state index >= 15 is 0 Å². The maximum Gasteiger partial charge on any atom is 0.174 e. The number of alkyl halides is 1. The van der Waals surface area contributed by atoms with Crippen LogP contribution in [0.4, 0.5) is 0 Å². The number of benzene rings is 2. The van der Waals surface area contributed by atoms with Gasteiger partial charge in [0.1, 0.15) is 0 Å². The van der Waals surface area contributed by atoms with Crippen LogP contribution in [0, 0.1) is 0 Å². The molecule has 0 amide bonds. The average molecular weight is 300 g/mol. The first-order valence-corrected chi connectivity index (χ1v) is 6.79. The van der Waals surface area contributed by atoms with Crippen LogP contribution >= 0.6 is 15.9 Å². The summed E-state index contributed by atoms with van der Waals surface area (Å²) in [5.74, 6) is 0.0822. The van der Waals surface area contributed by atoms with Crippen LogP contribution in [0.1, 0.15) is 10.4 Å². The van der Waals surface area contributed by atoms with E-state index in [2.05, 4.69) is 20.9 Å². The summed E-state index contributed by atoms with van der Waals surface area (Å²) in [4.78, 5) is 16.3. The third kappa shape index (κ3) is 1.71. The Balaban J connectivity index is 2.50. The first-order chi connectivity index (χ1) is 8.81. The van der Waals surface area contributed by atoms with Crippen LogP contribution in [0.3, 0.4) is 0 Å². The molecule has 0 radical (unpaired) electrons. The molecule has 0 saturated heterocycles. The van der Waals surface area contributed by atoms with Gasteiger partial charge in [-0.05, 0) is 22.9 Å². The maximum absolute atomic E-state index is 12.0. The van der Waals surface area contributed by atoms with Crippen LogP contribution in [0.2, 0.25) is 0 Å². The minimum Gasteiger partial charge on any atom is -0.293 e. The Hall–Kier alpha value is -1.74. The molecule has 0 fully saturated rings. The number of pyridine rings is 1. The Kier molecular flexibility index (Phi) is 2.84. The quantitative estimate of drug-likeness (QED) is 0.407. The van der Waals surface area contributed by atoms with Gasteiger partial charge < -0.3 is 0 Å². The summed E-state index contributed by atoms with van der Waals surface area (Å²) in [6.45, 7) is 0. The predicted octanol–water partition coefficient (Wildman–Crippen LogP) is 3.97. The number of aromatic nitrogens is 1. The van der Waals surface area contributed by atoms with Gasteiger partial charge in [0, 0.05) is 17.1 Å². The summed E-state index contributed by atoms with van der Waals surface area (Å²) in [5, 5.41) is 3.48. The van der Waals surface area contributed by atoms with Gasteiger partial charge in [0.2, 0.25) is 0 Å².